The highest BCUT2D eigenvalue weighted by Gasteiger charge is 2.04. The van der Waals surface area contributed by atoms with Crippen LogP contribution in [0.1, 0.15) is 12.0 Å². The summed E-state index contributed by atoms with van der Waals surface area (Å²) in [6, 6.07) is 6.52. The van der Waals surface area contributed by atoms with E-state index in [9.17, 15) is 9.59 Å². The van der Waals surface area contributed by atoms with Gasteiger partial charge in [0.1, 0.15) is 19.0 Å². The smallest absolute Gasteiger partial charge is 0.505 e. The van der Waals surface area contributed by atoms with Crippen LogP contribution in [-0.2, 0) is 20.7 Å². The SMILES string of the molecule is O=C(O)OCCOC(=O)CCc1ccc(O)cc1. The second-order valence-electron chi connectivity index (χ2n) is 3.50. The minimum absolute atomic E-state index is 0.0826. The molecule has 0 aliphatic carbocycles. The number of carbonyl (C=O) groups excluding carboxylic acids is 1. The number of ether oxygens (including phenoxy) is 2. The first-order valence-electron chi connectivity index (χ1n) is 5.37. The molecule has 0 heterocycles. The first-order valence-corrected chi connectivity index (χ1v) is 5.37. The van der Waals surface area contributed by atoms with Gasteiger partial charge < -0.3 is 19.7 Å². The van der Waals surface area contributed by atoms with Crippen molar-refractivity contribution in [2.75, 3.05) is 13.2 Å². The molecule has 1 aromatic carbocycles. The highest BCUT2D eigenvalue weighted by Crippen LogP contribution is 2.11. The van der Waals surface area contributed by atoms with Gasteiger partial charge in [0.05, 0.1) is 0 Å². The Hall–Kier alpha value is -2.24. The van der Waals surface area contributed by atoms with Crippen LogP contribution in [-0.4, -0.2) is 35.6 Å². The standard InChI is InChI=1S/C12H14O6/c13-10-4-1-9(2-5-10)3-6-11(14)17-7-8-18-12(15)16/h1-2,4-5,13H,3,6-8H2,(H,15,16). The van der Waals surface area contributed by atoms with Gasteiger partial charge in [-0.2, -0.15) is 0 Å². The van der Waals surface area contributed by atoms with Gasteiger partial charge in [-0.1, -0.05) is 12.1 Å². The largest absolute Gasteiger partial charge is 0.508 e. The number of esters is 1. The number of phenolic OH excluding ortho intramolecular Hbond substituents is 1. The van der Waals surface area contributed by atoms with Crippen LogP contribution < -0.4 is 0 Å². The molecule has 0 saturated heterocycles. The Balaban J connectivity index is 2.17. The van der Waals surface area contributed by atoms with Crippen molar-refractivity contribution in [1.82, 2.24) is 0 Å². The number of carboxylic acid groups (broad SMARTS) is 1. The number of hydrogen-bond donors (Lipinski definition) is 2. The molecule has 98 valence electrons. The fourth-order valence-corrected chi connectivity index (χ4v) is 1.27. The summed E-state index contributed by atoms with van der Waals surface area (Å²) in [7, 11) is 0. The lowest BCUT2D eigenvalue weighted by atomic mass is 10.1. The molecule has 0 atom stereocenters. The summed E-state index contributed by atoms with van der Waals surface area (Å²) in [5, 5.41) is 17.2. The van der Waals surface area contributed by atoms with Crippen molar-refractivity contribution in [3.8, 4) is 5.75 Å². The molecule has 1 aromatic rings. The van der Waals surface area contributed by atoms with E-state index < -0.39 is 12.1 Å². The Bertz CT molecular complexity index is 398. The van der Waals surface area contributed by atoms with Gasteiger partial charge in [-0.15, -0.1) is 0 Å². The summed E-state index contributed by atoms with van der Waals surface area (Å²) in [5.74, 6) is -0.246. The van der Waals surface area contributed by atoms with Crippen molar-refractivity contribution in [3.63, 3.8) is 0 Å². The van der Waals surface area contributed by atoms with E-state index in [1.807, 2.05) is 0 Å². The van der Waals surface area contributed by atoms with Crippen molar-refractivity contribution in [2.24, 2.45) is 0 Å². The lowest BCUT2D eigenvalue weighted by molar-refractivity contribution is -0.144. The van der Waals surface area contributed by atoms with Gasteiger partial charge in [0.25, 0.3) is 0 Å². The molecule has 0 bridgehead atoms. The highest BCUT2D eigenvalue weighted by molar-refractivity contribution is 5.69. The number of rotatable bonds is 6. The van der Waals surface area contributed by atoms with E-state index in [0.717, 1.165) is 5.56 Å². The van der Waals surface area contributed by atoms with Crippen molar-refractivity contribution < 1.29 is 29.3 Å². The Kier molecular flexibility index (Phi) is 5.50. The third-order valence-electron chi connectivity index (χ3n) is 2.13. The van der Waals surface area contributed by atoms with E-state index in [1.165, 1.54) is 0 Å². The van der Waals surface area contributed by atoms with Crippen LogP contribution >= 0.6 is 0 Å². The van der Waals surface area contributed by atoms with Crippen molar-refractivity contribution in [1.29, 1.82) is 0 Å². The summed E-state index contributed by atoms with van der Waals surface area (Å²) in [6.45, 7) is -0.249. The summed E-state index contributed by atoms with van der Waals surface area (Å²) in [4.78, 5) is 21.3. The second-order valence-corrected chi connectivity index (χ2v) is 3.50. The fourth-order valence-electron chi connectivity index (χ4n) is 1.27. The van der Waals surface area contributed by atoms with Gasteiger partial charge in [0, 0.05) is 6.42 Å². The number of aryl methyl sites for hydroxylation is 1. The van der Waals surface area contributed by atoms with Gasteiger partial charge in [0.15, 0.2) is 0 Å². The van der Waals surface area contributed by atoms with Crippen LogP contribution in [0.5, 0.6) is 5.75 Å². The summed E-state index contributed by atoms with van der Waals surface area (Å²) >= 11 is 0. The quantitative estimate of drug-likeness (QED) is 0.591. The number of aromatic hydroxyl groups is 1. The zero-order valence-electron chi connectivity index (χ0n) is 9.67. The van der Waals surface area contributed by atoms with Gasteiger partial charge in [-0.3, -0.25) is 4.79 Å². The molecule has 6 heteroatoms. The van der Waals surface area contributed by atoms with Gasteiger partial charge in [0.2, 0.25) is 0 Å². The fraction of sp³-hybridized carbons (Fsp3) is 0.333. The number of benzene rings is 1. The Morgan fingerprint density at radius 1 is 1.06 bits per heavy atom. The van der Waals surface area contributed by atoms with E-state index in [1.54, 1.807) is 24.3 Å². The molecule has 2 N–H and O–H groups in total. The van der Waals surface area contributed by atoms with Crippen molar-refractivity contribution in [3.05, 3.63) is 29.8 Å². The van der Waals surface area contributed by atoms with Crippen LogP contribution in [0.3, 0.4) is 0 Å². The van der Waals surface area contributed by atoms with Gasteiger partial charge in [-0.25, -0.2) is 4.79 Å². The molecule has 0 aliphatic heterocycles. The molecule has 0 aromatic heterocycles. The minimum atomic E-state index is -1.39. The maximum absolute atomic E-state index is 11.3. The van der Waals surface area contributed by atoms with Crippen molar-refractivity contribution >= 4 is 12.1 Å². The zero-order chi connectivity index (χ0) is 13.4. The third-order valence-corrected chi connectivity index (χ3v) is 2.13. The van der Waals surface area contributed by atoms with Crippen LogP contribution in [0.4, 0.5) is 4.79 Å². The first-order chi connectivity index (χ1) is 8.58. The topological polar surface area (TPSA) is 93.1 Å². The molecule has 0 amide bonds. The summed E-state index contributed by atoms with van der Waals surface area (Å²) < 4.78 is 8.94. The van der Waals surface area contributed by atoms with E-state index in [2.05, 4.69) is 4.74 Å². The molecule has 0 aliphatic rings. The maximum Gasteiger partial charge on any atom is 0.505 e. The van der Waals surface area contributed by atoms with E-state index >= 15 is 0 Å². The molecule has 0 radical (unpaired) electrons. The number of carbonyl (C=O) groups is 2. The molecular formula is C12H14O6. The van der Waals surface area contributed by atoms with Gasteiger partial charge >= 0.3 is 12.1 Å². The monoisotopic (exact) mass is 254 g/mol. The molecule has 6 nitrogen and oxygen atoms in total. The number of hydrogen-bond acceptors (Lipinski definition) is 5. The molecule has 18 heavy (non-hydrogen) atoms. The average Bonchev–Trinajstić information content (AvgIpc) is 2.34. The van der Waals surface area contributed by atoms with Gasteiger partial charge in [-0.05, 0) is 24.1 Å². The normalized spacial score (nSPS) is 9.78. The molecule has 0 saturated carbocycles. The van der Waals surface area contributed by atoms with E-state index in [4.69, 9.17) is 14.9 Å². The van der Waals surface area contributed by atoms with Crippen LogP contribution in [0.25, 0.3) is 0 Å². The molecule has 1 rings (SSSR count). The predicted molar refractivity (Wildman–Crippen MR) is 61.4 cm³/mol. The van der Waals surface area contributed by atoms with E-state index in [0.29, 0.717) is 6.42 Å². The molecule has 0 spiro atoms. The third kappa shape index (κ3) is 5.74. The Morgan fingerprint density at radius 3 is 2.28 bits per heavy atom. The minimum Gasteiger partial charge on any atom is -0.508 e. The summed E-state index contributed by atoms with van der Waals surface area (Å²) in [6.07, 6.45) is -0.702. The Labute approximate surface area is 104 Å². The maximum atomic E-state index is 11.3. The Morgan fingerprint density at radius 2 is 1.67 bits per heavy atom. The molecule has 0 unspecified atom stereocenters. The zero-order valence-corrected chi connectivity index (χ0v) is 9.67. The highest BCUT2D eigenvalue weighted by atomic mass is 16.7. The lowest BCUT2D eigenvalue weighted by Crippen LogP contribution is -2.13. The van der Waals surface area contributed by atoms with Crippen LogP contribution in [0.15, 0.2) is 24.3 Å². The predicted octanol–water partition coefficient (Wildman–Crippen LogP) is 1.56. The lowest BCUT2D eigenvalue weighted by Gasteiger charge is -2.04. The van der Waals surface area contributed by atoms with Crippen LogP contribution in [0, 0.1) is 0 Å². The second kappa shape index (κ2) is 7.16. The van der Waals surface area contributed by atoms with E-state index in [-0.39, 0.29) is 25.4 Å². The molecule has 0 fully saturated rings. The van der Waals surface area contributed by atoms with Crippen LogP contribution in [0.2, 0.25) is 0 Å². The summed E-state index contributed by atoms with van der Waals surface area (Å²) in [5.41, 5.74) is 0.909. The number of phenols is 1. The molecular weight excluding hydrogens is 240 g/mol. The average molecular weight is 254 g/mol. The first kappa shape index (κ1) is 13.8. The van der Waals surface area contributed by atoms with Crippen molar-refractivity contribution in [2.45, 2.75) is 12.8 Å².